The summed E-state index contributed by atoms with van der Waals surface area (Å²) in [5, 5.41) is 3.37. The van der Waals surface area contributed by atoms with Crippen molar-refractivity contribution in [3.8, 4) is 28.1 Å². The van der Waals surface area contributed by atoms with Gasteiger partial charge in [-0.2, -0.15) is 0 Å². The molecule has 5 heterocycles. The average molecular weight is 798 g/mol. The van der Waals surface area contributed by atoms with Gasteiger partial charge in [0.1, 0.15) is 11.2 Å². The topological polar surface area (TPSA) is 63.5 Å². The number of fused-ring (bicyclic) bond motifs is 12. The number of nitrogens with two attached hydrogens (primary N) is 1. The van der Waals surface area contributed by atoms with Crippen LogP contribution in [0, 0.1) is 0 Å². The van der Waals surface area contributed by atoms with Crippen molar-refractivity contribution in [3.63, 3.8) is 0 Å². The fraction of sp³-hybridized carbons (Fsp3) is 0.0179. The van der Waals surface area contributed by atoms with Crippen molar-refractivity contribution in [2.75, 3.05) is 9.80 Å². The van der Waals surface area contributed by atoms with Gasteiger partial charge in [0.2, 0.25) is 0 Å². The fourth-order valence-electron chi connectivity index (χ4n) is 9.47. The molecule has 7 aromatic carbocycles. The van der Waals surface area contributed by atoms with E-state index in [9.17, 15) is 0 Å². The van der Waals surface area contributed by atoms with Crippen LogP contribution in [0.1, 0.15) is 16.8 Å². The third-order valence-electron chi connectivity index (χ3n) is 12.2. The molecule has 0 amide bonds. The van der Waals surface area contributed by atoms with Crippen LogP contribution in [-0.4, -0.2) is 9.55 Å². The predicted molar refractivity (Wildman–Crippen MR) is 257 cm³/mol. The first-order valence-electron chi connectivity index (χ1n) is 21.0. The molecule has 0 spiro atoms. The molecule has 0 unspecified atom stereocenters. The third kappa shape index (κ3) is 5.61. The summed E-state index contributed by atoms with van der Waals surface area (Å²) >= 11 is 0. The summed E-state index contributed by atoms with van der Waals surface area (Å²) in [6.45, 7) is 0. The molecule has 0 fully saturated rings. The van der Waals surface area contributed by atoms with E-state index < -0.39 is 0 Å². The third-order valence-corrected chi connectivity index (χ3v) is 12.2. The van der Waals surface area contributed by atoms with Gasteiger partial charge in [-0.3, -0.25) is 4.98 Å². The molecular formula is C56H39N5O. The van der Waals surface area contributed by atoms with E-state index in [1.807, 2.05) is 18.3 Å². The zero-order valence-corrected chi connectivity index (χ0v) is 33.7. The smallest absolute Gasteiger partial charge is 0.136 e. The Morgan fingerprint density at radius 3 is 2.08 bits per heavy atom. The van der Waals surface area contributed by atoms with Gasteiger partial charge < -0.3 is 24.5 Å². The van der Waals surface area contributed by atoms with Crippen molar-refractivity contribution >= 4 is 73.4 Å². The number of nitrogens with zero attached hydrogens (tertiary/aromatic N) is 4. The van der Waals surface area contributed by atoms with Gasteiger partial charge in [-0.15, -0.1) is 0 Å². The molecular weight excluding hydrogens is 759 g/mol. The molecule has 6 nitrogen and oxygen atoms in total. The van der Waals surface area contributed by atoms with E-state index in [4.69, 9.17) is 15.1 Å². The van der Waals surface area contributed by atoms with Gasteiger partial charge in [-0.25, -0.2) is 0 Å². The Labute approximate surface area is 359 Å². The number of rotatable bonds is 6. The van der Waals surface area contributed by atoms with Gasteiger partial charge in [0.05, 0.1) is 51.5 Å². The van der Waals surface area contributed by atoms with Crippen LogP contribution in [0.3, 0.4) is 0 Å². The van der Waals surface area contributed by atoms with Crippen molar-refractivity contribution in [1.29, 1.82) is 0 Å². The largest absolute Gasteiger partial charge is 0.456 e. The minimum atomic E-state index is 0.620. The monoisotopic (exact) mass is 797 g/mol. The summed E-state index contributed by atoms with van der Waals surface area (Å²) in [6.07, 6.45) is 12.9. The molecule has 0 radical (unpaired) electrons. The second kappa shape index (κ2) is 14.4. The van der Waals surface area contributed by atoms with E-state index >= 15 is 0 Å². The van der Waals surface area contributed by atoms with Crippen LogP contribution in [0.15, 0.2) is 211 Å². The van der Waals surface area contributed by atoms with Crippen molar-refractivity contribution < 1.29 is 4.42 Å². The van der Waals surface area contributed by atoms with E-state index in [0.29, 0.717) is 6.42 Å². The molecule has 12 rings (SSSR count). The second-order valence-corrected chi connectivity index (χ2v) is 15.7. The molecule has 2 N–H and O–H groups in total. The molecule has 3 aromatic heterocycles. The maximum atomic E-state index is 6.51. The average Bonchev–Trinajstić information content (AvgIpc) is 3.77. The number of aromatic nitrogens is 2. The van der Waals surface area contributed by atoms with Crippen LogP contribution in [0.5, 0.6) is 0 Å². The van der Waals surface area contributed by atoms with Crippen molar-refractivity contribution in [2.24, 2.45) is 5.73 Å². The lowest BCUT2D eigenvalue weighted by Crippen LogP contribution is -2.18. The number of anilines is 5. The Morgan fingerprint density at radius 2 is 1.26 bits per heavy atom. The van der Waals surface area contributed by atoms with Gasteiger partial charge >= 0.3 is 0 Å². The van der Waals surface area contributed by atoms with E-state index in [1.54, 1.807) is 6.20 Å². The second-order valence-electron chi connectivity index (χ2n) is 15.7. The first-order chi connectivity index (χ1) is 30.7. The zero-order chi connectivity index (χ0) is 41.1. The lowest BCUT2D eigenvalue weighted by molar-refractivity contribution is 0.669. The van der Waals surface area contributed by atoms with Crippen LogP contribution >= 0.6 is 0 Å². The standard InChI is InChI=1S/C56H39N5O/c57-35-41(59-48-24-9-4-15-37(48)29-30-38-33-54-47(34-52(38)59)43-20-8-13-28-53(43)62-54)19-14-16-39-31-32-42(36-58-39)60-49-25-10-5-21-44(49)55-45-22-6-11-26-50(45)61(40-17-2-1-3-18-40)56(55)46-23-7-12-27-51(46)60/h1-15,17-36H,16,57H2/b19-14-,41-35+. The maximum Gasteiger partial charge on any atom is 0.136 e. The number of pyridine rings is 1. The number of hydrogen-bond acceptors (Lipinski definition) is 5. The molecule has 0 saturated heterocycles. The van der Waals surface area contributed by atoms with E-state index in [2.05, 4.69) is 202 Å². The van der Waals surface area contributed by atoms with Crippen LogP contribution in [0.2, 0.25) is 0 Å². The van der Waals surface area contributed by atoms with Crippen LogP contribution in [0.4, 0.5) is 28.4 Å². The SMILES string of the molecule is N/C=C(\C=C/Cc1ccc(N2c3ccccc3-c3c(n(-c4ccccc4)c4ccccc34)-c3ccccc32)cn1)N1c2ccccc2C=Cc2cc3oc4ccccc4c3cc21. The molecule has 62 heavy (non-hydrogen) atoms. The lowest BCUT2D eigenvalue weighted by Gasteiger charge is -2.28. The first-order valence-corrected chi connectivity index (χ1v) is 21.0. The molecule has 10 aromatic rings. The van der Waals surface area contributed by atoms with Crippen molar-refractivity contribution in [3.05, 3.63) is 223 Å². The number of para-hydroxylation sites is 6. The van der Waals surface area contributed by atoms with Gasteiger partial charge in [0.15, 0.2) is 0 Å². The molecule has 2 aliphatic heterocycles. The van der Waals surface area contributed by atoms with Gasteiger partial charge in [0, 0.05) is 62.4 Å². The minimum absolute atomic E-state index is 0.620. The summed E-state index contributed by atoms with van der Waals surface area (Å²) in [5.74, 6) is 0. The molecule has 0 atom stereocenters. The highest BCUT2D eigenvalue weighted by Gasteiger charge is 2.31. The summed E-state index contributed by atoms with van der Waals surface area (Å²) in [6, 6.07) is 62.2. The minimum Gasteiger partial charge on any atom is -0.456 e. The van der Waals surface area contributed by atoms with Crippen LogP contribution in [-0.2, 0) is 6.42 Å². The van der Waals surface area contributed by atoms with E-state index in [1.165, 1.54) is 27.7 Å². The predicted octanol–water partition coefficient (Wildman–Crippen LogP) is 14.3. The van der Waals surface area contributed by atoms with Crippen molar-refractivity contribution in [1.82, 2.24) is 9.55 Å². The normalized spacial score (nSPS) is 13.2. The summed E-state index contributed by atoms with van der Waals surface area (Å²) in [4.78, 5) is 9.68. The maximum absolute atomic E-state index is 6.51. The van der Waals surface area contributed by atoms with E-state index in [0.717, 1.165) is 84.1 Å². The Hall–Kier alpha value is -8.35. The summed E-state index contributed by atoms with van der Waals surface area (Å²) in [5.41, 5.74) is 24.5. The molecule has 0 aliphatic carbocycles. The Balaban J connectivity index is 0.908. The van der Waals surface area contributed by atoms with Crippen LogP contribution in [0.25, 0.3) is 73.1 Å². The Kier molecular flexibility index (Phi) is 8.28. The Bertz CT molecular complexity index is 3460. The highest BCUT2D eigenvalue weighted by molar-refractivity contribution is 6.13. The molecule has 2 aliphatic rings. The van der Waals surface area contributed by atoms with Crippen molar-refractivity contribution in [2.45, 2.75) is 6.42 Å². The Morgan fingerprint density at radius 1 is 0.565 bits per heavy atom. The number of furan rings is 1. The summed E-state index contributed by atoms with van der Waals surface area (Å²) < 4.78 is 8.71. The number of benzene rings is 7. The number of allylic oxidation sites excluding steroid dienone is 2. The van der Waals surface area contributed by atoms with Crippen LogP contribution < -0.4 is 15.5 Å². The number of hydrogen-bond donors (Lipinski definition) is 1. The molecule has 6 heteroatoms. The van der Waals surface area contributed by atoms with Gasteiger partial charge in [0.25, 0.3) is 0 Å². The highest BCUT2D eigenvalue weighted by atomic mass is 16.3. The lowest BCUT2D eigenvalue weighted by atomic mass is 9.98. The quantitative estimate of drug-likeness (QED) is 0.170. The molecule has 0 bridgehead atoms. The molecule has 0 saturated carbocycles. The highest BCUT2D eigenvalue weighted by Crippen LogP contribution is 2.54. The van der Waals surface area contributed by atoms with E-state index in [-0.39, 0.29) is 0 Å². The van der Waals surface area contributed by atoms with Gasteiger partial charge in [-0.05, 0) is 78.4 Å². The zero-order valence-electron chi connectivity index (χ0n) is 33.7. The molecule has 294 valence electrons. The van der Waals surface area contributed by atoms with Gasteiger partial charge in [-0.1, -0.05) is 127 Å². The first kappa shape index (κ1) is 35.6. The fourth-order valence-corrected chi connectivity index (χ4v) is 9.47. The summed E-state index contributed by atoms with van der Waals surface area (Å²) in [7, 11) is 0.